The van der Waals surface area contributed by atoms with Gasteiger partial charge in [0.25, 0.3) is 0 Å². The van der Waals surface area contributed by atoms with Gasteiger partial charge in [0.15, 0.2) is 0 Å². The zero-order chi connectivity index (χ0) is 16.7. The van der Waals surface area contributed by atoms with Crippen molar-refractivity contribution in [1.29, 1.82) is 0 Å². The van der Waals surface area contributed by atoms with Crippen molar-refractivity contribution in [1.82, 2.24) is 13.9 Å². The molecular weight excluding hydrogens is 339 g/mol. The van der Waals surface area contributed by atoms with E-state index in [2.05, 4.69) is 0 Å². The van der Waals surface area contributed by atoms with Gasteiger partial charge in [0.1, 0.15) is 0 Å². The van der Waals surface area contributed by atoms with Crippen LogP contribution in [0.1, 0.15) is 19.4 Å². The van der Waals surface area contributed by atoms with Crippen molar-refractivity contribution < 1.29 is 13.2 Å². The van der Waals surface area contributed by atoms with Gasteiger partial charge in [-0.2, -0.15) is 13.2 Å². The minimum absolute atomic E-state index is 0.0427. The molecule has 2 aromatic rings. The van der Waals surface area contributed by atoms with Crippen molar-refractivity contribution >= 4 is 23.8 Å². The van der Waals surface area contributed by atoms with Crippen molar-refractivity contribution in [2.45, 2.75) is 33.1 Å². The summed E-state index contributed by atoms with van der Waals surface area (Å²) in [6, 6.07) is 3.29. The Kier molecular flexibility index (Phi) is 4.53. The highest BCUT2D eigenvalue weighted by molar-refractivity contribution is 7.71. The molecule has 0 aliphatic rings. The Morgan fingerprint density at radius 3 is 2.23 bits per heavy atom. The van der Waals surface area contributed by atoms with Gasteiger partial charge in [-0.1, -0.05) is 11.6 Å². The number of hydrogen-bond donors (Lipinski definition) is 0. The van der Waals surface area contributed by atoms with Gasteiger partial charge in [-0.05, 0) is 44.3 Å². The number of benzene rings is 1. The van der Waals surface area contributed by atoms with E-state index in [9.17, 15) is 18.0 Å². The predicted octanol–water partition coefficient (Wildman–Crippen LogP) is 3.88. The summed E-state index contributed by atoms with van der Waals surface area (Å²) in [6.45, 7) is 4.36. The van der Waals surface area contributed by atoms with Gasteiger partial charge < -0.3 is 0 Å². The molecule has 1 aromatic heterocycles. The third-order valence-corrected chi connectivity index (χ3v) is 3.95. The van der Waals surface area contributed by atoms with Crippen molar-refractivity contribution in [2.24, 2.45) is 0 Å². The smallest absolute Gasteiger partial charge is 0.256 e. The minimum atomic E-state index is -4.60. The average Bonchev–Trinajstić information content (AvgIpc) is 2.68. The van der Waals surface area contributed by atoms with E-state index in [-0.39, 0.29) is 10.5 Å². The van der Waals surface area contributed by atoms with Crippen molar-refractivity contribution in [3.05, 3.63) is 44.0 Å². The second-order valence-electron chi connectivity index (χ2n) is 4.49. The second kappa shape index (κ2) is 5.92. The number of alkyl halides is 3. The molecule has 0 bridgehead atoms. The molecule has 0 atom stereocenters. The Morgan fingerprint density at radius 1 is 1.18 bits per heavy atom. The number of aromatic nitrogens is 3. The Balaban J connectivity index is 2.77. The van der Waals surface area contributed by atoms with Gasteiger partial charge in [0.05, 0.1) is 16.3 Å². The fourth-order valence-corrected chi connectivity index (χ4v) is 2.86. The van der Waals surface area contributed by atoms with E-state index in [1.807, 2.05) is 0 Å². The summed E-state index contributed by atoms with van der Waals surface area (Å²) in [7, 11) is 0. The molecule has 0 unspecified atom stereocenters. The fraction of sp³-hybridized carbons (Fsp3) is 0.385. The zero-order valence-corrected chi connectivity index (χ0v) is 13.4. The van der Waals surface area contributed by atoms with E-state index in [1.165, 1.54) is 10.7 Å². The predicted molar refractivity (Wildman–Crippen MR) is 80.2 cm³/mol. The molecule has 0 N–H and O–H groups in total. The van der Waals surface area contributed by atoms with Crippen molar-refractivity contribution in [3.63, 3.8) is 0 Å². The summed E-state index contributed by atoms with van der Waals surface area (Å²) >= 11 is 10.8. The number of hydrogen-bond acceptors (Lipinski definition) is 2. The maximum atomic E-state index is 13.0. The Hall–Kier alpha value is -1.54. The molecule has 2 rings (SSSR count). The summed E-state index contributed by atoms with van der Waals surface area (Å²) in [4.78, 5) is 12.4. The molecule has 0 radical (unpaired) electrons. The first kappa shape index (κ1) is 16.8. The van der Waals surface area contributed by atoms with Crippen LogP contribution in [0.3, 0.4) is 0 Å². The maximum absolute atomic E-state index is 13.0. The molecule has 22 heavy (non-hydrogen) atoms. The van der Waals surface area contributed by atoms with Crippen molar-refractivity contribution in [2.75, 3.05) is 0 Å². The molecule has 0 saturated heterocycles. The van der Waals surface area contributed by atoms with E-state index in [4.69, 9.17) is 23.8 Å². The topological polar surface area (TPSA) is 31.9 Å². The number of rotatable bonds is 3. The van der Waals surface area contributed by atoms with Gasteiger partial charge >= 0.3 is 11.9 Å². The molecule has 0 amide bonds. The number of halogens is 4. The zero-order valence-electron chi connectivity index (χ0n) is 11.8. The van der Waals surface area contributed by atoms with Crippen LogP contribution in [-0.2, 0) is 19.3 Å². The van der Waals surface area contributed by atoms with Crippen LogP contribution in [0.15, 0.2) is 23.0 Å². The van der Waals surface area contributed by atoms with Gasteiger partial charge in [-0.3, -0.25) is 4.68 Å². The van der Waals surface area contributed by atoms with Crippen LogP contribution in [0, 0.1) is 4.77 Å². The summed E-state index contributed by atoms with van der Waals surface area (Å²) in [5, 5.41) is -0.423. The molecule has 1 heterocycles. The third kappa shape index (κ3) is 2.72. The highest BCUT2D eigenvalue weighted by Crippen LogP contribution is 2.35. The van der Waals surface area contributed by atoms with E-state index >= 15 is 0 Å². The first-order chi connectivity index (χ1) is 10.2. The largest absolute Gasteiger partial charge is 0.417 e. The van der Waals surface area contributed by atoms with Crippen LogP contribution in [-0.4, -0.2) is 13.9 Å². The SMILES string of the molecule is CCn1c(=O)n(-c2ccc(Cl)c(C(F)(F)F)c2)c(=S)n1CC. The lowest BCUT2D eigenvalue weighted by molar-refractivity contribution is -0.137. The number of nitrogens with zero attached hydrogens (tertiary/aromatic N) is 3. The quantitative estimate of drug-likeness (QED) is 0.786. The lowest BCUT2D eigenvalue weighted by Gasteiger charge is -2.10. The Labute approximate surface area is 134 Å². The molecular formula is C13H13ClF3N3OS. The van der Waals surface area contributed by atoms with E-state index in [0.29, 0.717) is 13.1 Å². The Bertz CT molecular complexity index is 784. The second-order valence-corrected chi connectivity index (χ2v) is 5.27. The molecule has 0 saturated carbocycles. The lowest BCUT2D eigenvalue weighted by Crippen LogP contribution is -2.26. The summed E-state index contributed by atoms with van der Waals surface area (Å²) in [5.41, 5.74) is -1.44. The average molecular weight is 352 g/mol. The highest BCUT2D eigenvalue weighted by atomic mass is 35.5. The normalized spacial score (nSPS) is 11.9. The highest BCUT2D eigenvalue weighted by Gasteiger charge is 2.33. The monoisotopic (exact) mass is 351 g/mol. The van der Waals surface area contributed by atoms with Crippen LogP contribution < -0.4 is 5.69 Å². The standard InChI is InChI=1S/C13H13ClF3N3OS/c1-3-18-11(21)20(12(22)19(18)4-2)8-5-6-10(14)9(7-8)13(15,16)17/h5-7H,3-4H2,1-2H3. The van der Waals surface area contributed by atoms with Crippen LogP contribution in [0.25, 0.3) is 5.69 Å². The van der Waals surface area contributed by atoms with Crippen LogP contribution in [0.4, 0.5) is 13.2 Å². The molecule has 9 heteroatoms. The first-order valence-electron chi connectivity index (χ1n) is 6.52. The first-order valence-corrected chi connectivity index (χ1v) is 7.30. The Morgan fingerprint density at radius 2 is 1.77 bits per heavy atom. The lowest BCUT2D eigenvalue weighted by atomic mass is 10.2. The molecule has 120 valence electrons. The molecule has 4 nitrogen and oxygen atoms in total. The van der Waals surface area contributed by atoms with Gasteiger partial charge in [-0.25, -0.2) is 14.0 Å². The van der Waals surface area contributed by atoms with Crippen molar-refractivity contribution in [3.8, 4) is 5.69 Å². The van der Waals surface area contributed by atoms with Crippen LogP contribution in [0.5, 0.6) is 0 Å². The van der Waals surface area contributed by atoms with Gasteiger partial charge in [0.2, 0.25) is 4.77 Å². The summed E-state index contributed by atoms with van der Waals surface area (Å²) < 4.78 is 43.0. The maximum Gasteiger partial charge on any atom is 0.417 e. The van der Waals surface area contributed by atoms with E-state index in [1.54, 1.807) is 18.5 Å². The van der Waals surface area contributed by atoms with Crippen LogP contribution >= 0.6 is 23.8 Å². The molecule has 0 aliphatic carbocycles. The fourth-order valence-electron chi connectivity index (χ4n) is 2.22. The summed E-state index contributed by atoms with van der Waals surface area (Å²) in [6.07, 6.45) is -4.60. The van der Waals surface area contributed by atoms with Gasteiger partial charge in [0, 0.05) is 13.1 Å². The molecule has 1 aromatic carbocycles. The third-order valence-electron chi connectivity index (χ3n) is 3.23. The van der Waals surface area contributed by atoms with Gasteiger partial charge in [-0.15, -0.1) is 0 Å². The molecule has 0 fully saturated rings. The molecule has 0 aliphatic heterocycles. The summed E-state index contributed by atoms with van der Waals surface area (Å²) in [5.74, 6) is 0. The van der Waals surface area contributed by atoms with E-state index in [0.717, 1.165) is 16.7 Å². The van der Waals surface area contributed by atoms with Crippen LogP contribution in [0.2, 0.25) is 5.02 Å². The molecule has 0 spiro atoms. The minimum Gasteiger partial charge on any atom is -0.256 e. The van der Waals surface area contributed by atoms with E-state index < -0.39 is 22.5 Å².